The van der Waals surface area contributed by atoms with Gasteiger partial charge in [0.25, 0.3) is 5.91 Å². The van der Waals surface area contributed by atoms with Crippen molar-refractivity contribution in [2.75, 3.05) is 13.6 Å². The van der Waals surface area contributed by atoms with E-state index in [9.17, 15) is 22.8 Å². The summed E-state index contributed by atoms with van der Waals surface area (Å²) < 4.78 is 31.3. The SMILES string of the molecule is CCNC(=O)NC(=O)[C@@H](OC(=O)c1cccc(S(=O)(=O)NC)c1)c1ccccc1. The van der Waals surface area contributed by atoms with Crippen LogP contribution in [-0.2, 0) is 19.6 Å². The number of hydrogen-bond acceptors (Lipinski definition) is 6. The second-order valence-electron chi connectivity index (χ2n) is 5.78. The fourth-order valence-electron chi connectivity index (χ4n) is 2.37. The molecule has 0 bridgehead atoms. The van der Waals surface area contributed by atoms with Gasteiger partial charge in [-0.15, -0.1) is 0 Å². The summed E-state index contributed by atoms with van der Waals surface area (Å²) in [4.78, 5) is 36.7. The number of benzene rings is 2. The van der Waals surface area contributed by atoms with Crippen LogP contribution in [0.5, 0.6) is 0 Å². The lowest BCUT2D eigenvalue weighted by atomic mass is 10.1. The van der Waals surface area contributed by atoms with E-state index in [-0.39, 0.29) is 10.5 Å². The van der Waals surface area contributed by atoms with Gasteiger partial charge >= 0.3 is 12.0 Å². The van der Waals surface area contributed by atoms with Crippen LogP contribution in [0.1, 0.15) is 28.9 Å². The molecular formula is C19H21N3O6S. The monoisotopic (exact) mass is 419 g/mol. The molecule has 2 aromatic rings. The Morgan fingerprint density at radius 1 is 1.03 bits per heavy atom. The van der Waals surface area contributed by atoms with Gasteiger partial charge in [-0.1, -0.05) is 36.4 Å². The minimum absolute atomic E-state index is 0.0620. The molecule has 9 nitrogen and oxygen atoms in total. The lowest BCUT2D eigenvalue weighted by Gasteiger charge is -2.18. The van der Waals surface area contributed by atoms with Gasteiger partial charge in [0, 0.05) is 12.1 Å². The van der Waals surface area contributed by atoms with Crippen LogP contribution in [0.3, 0.4) is 0 Å². The molecule has 2 rings (SSSR count). The maximum atomic E-state index is 12.6. The molecule has 2 aromatic carbocycles. The van der Waals surface area contributed by atoms with E-state index in [1.807, 2.05) is 0 Å². The molecule has 0 aromatic heterocycles. The fraction of sp³-hybridized carbons (Fsp3) is 0.211. The Bertz CT molecular complexity index is 992. The van der Waals surface area contributed by atoms with Crippen molar-refractivity contribution in [3.8, 4) is 0 Å². The van der Waals surface area contributed by atoms with Gasteiger partial charge in [0.05, 0.1) is 10.5 Å². The Kier molecular flexibility index (Phi) is 7.46. The Balaban J connectivity index is 2.29. The third-order valence-corrected chi connectivity index (χ3v) is 5.20. The fourth-order valence-corrected chi connectivity index (χ4v) is 3.14. The third-order valence-electron chi connectivity index (χ3n) is 3.79. The quantitative estimate of drug-likeness (QED) is 0.581. The molecule has 1 atom stereocenters. The van der Waals surface area contributed by atoms with Crippen molar-refractivity contribution < 1.29 is 27.5 Å². The van der Waals surface area contributed by atoms with Crippen LogP contribution in [0.15, 0.2) is 59.5 Å². The number of urea groups is 1. The predicted octanol–water partition coefficient (Wildman–Crippen LogP) is 1.34. The van der Waals surface area contributed by atoms with Gasteiger partial charge < -0.3 is 10.1 Å². The van der Waals surface area contributed by atoms with Crippen molar-refractivity contribution in [1.29, 1.82) is 0 Å². The zero-order valence-electron chi connectivity index (χ0n) is 15.8. The van der Waals surface area contributed by atoms with Crippen LogP contribution in [0.4, 0.5) is 4.79 Å². The van der Waals surface area contributed by atoms with Crippen LogP contribution < -0.4 is 15.4 Å². The molecule has 0 heterocycles. The van der Waals surface area contributed by atoms with Crippen molar-refractivity contribution in [1.82, 2.24) is 15.4 Å². The highest BCUT2D eigenvalue weighted by Crippen LogP contribution is 2.21. The van der Waals surface area contributed by atoms with Gasteiger partial charge in [0.1, 0.15) is 0 Å². The lowest BCUT2D eigenvalue weighted by molar-refractivity contribution is -0.129. The Labute approximate surface area is 168 Å². The molecule has 0 saturated heterocycles. The molecule has 0 aliphatic rings. The average molecular weight is 419 g/mol. The van der Waals surface area contributed by atoms with Gasteiger partial charge in [-0.25, -0.2) is 22.7 Å². The number of ether oxygens (including phenoxy) is 1. The van der Waals surface area contributed by atoms with Gasteiger partial charge in [-0.05, 0) is 32.2 Å². The number of sulfonamides is 1. The summed E-state index contributed by atoms with van der Waals surface area (Å²) in [6, 6.07) is 12.6. The zero-order valence-corrected chi connectivity index (χ0v) is 16.7. The van der Waals surface area contributed by atoms with E-state index in [0.29, 0.717) is 12.1 Å². The van der Waals surface area contributed by atoms with Crippen LogP contribution >= 0.6 is 0 Å². The second kappa shape index (κ2) is 9.80. The number of rotatable bonds is 7. The van der Waals surface area contributed by atoms with Crippen molar-refractivity contribution in [3.05, 3.63) is 65.7 Å². The van der Waals surface area contributed by atoms with Gasteiger partial charge in [-0.3, -0.25) is 10.1 Å². The number of amides is 3. The topological polar surface area (TPSA) is 131 Å². The number of hydrogen-bond donors (Lipinski definition) is 3. The highest BCUT2D eigenvalue weighted by Gasteiger charge is 2.27. The normalized spacial score (nSPS) is 11.9. The maximum Gasteiger partial charge on any atom is 0.339 e. The smallest absolute Gasteiger partial charge is 0.339 e. The minimum atomic E-state index is -3.76. The van der Waals surface area contributed by atoms with E-state index in [0.717, 1.165) is 6.07 Å². The molecule has 3 N–H and O–H groups in total. The highest BCUT2D eigenvalue weighted by atomic mass is 32.2. The third kappa shape index (κ3) is 5.87. The highest BCUT2D eigenvalue weighted by molar-refractivity contribution is 7.89. The van der Waals surface area contributed by atoms with Crippen LogP contribution in [0.2, 0.25) is 0 Å². The summed E-state index contributed by atoms with van der Waals surface area (Å²) >= 11 is 0. The second-order valence-corrected chi connectivity index (χ2v) is 7.67. The van der Waals surface area contributed by atoms with E-state index in [4.69, 9.17) is 4.74 Å². The minimum Gasteiger partial charge on any atom is -0.444 e. The van der Waals surface area contributed by atoms with E-state index in [2.05, 4.69) is 15.4 Å². The molecule has 10 heteroatoms. The lowest BCUT2D eigenvalue weighted by Crippen LogP contribution is -2.42. The van der Waals surface area contributed by atoms with E-state index in [1.165, 1.54) is 25.2 Å². The summed E-state index contributed by atoms with van der Waals surface area (Å²) in [5, 5.41) is 4.52. The summed E-state index contributed by atoms with van der Waals surface area (Å²) in [6.07, 6.45) is -1.41. The standard InChI is InChI=1S/C19H21N3O6S/c1-3-21-19(25)22-17(23)16(13-8-5-4-6-9-13)28-18(24)14-10-7-11-15(12-14)29(26,27)20-2/h4-12,16,20H,3H2,1-2H3,(H2,21,22,23,25)/t16-/m0/s1. The molecule has 0 fully saturated rings. The van der Waals surface area contributed by atoms with E-state index >= 15 is 0 Å². The largest absolute Gasteiger partial charge is 0.444 e. The van der Waals surface area contributed by atoms with Crippen LogP contribution in [0, 0.1) is 0 Å². The number of nitrogens with one attached hydrogen (secondary N) is 3. The van der Waals surface area contributed by atoms with Crippen molar-refractivity contribution >= 4 is 27.9 Å². The van der Waals surface area contributed by atoms with E-state index < -0.39 is 34.0 Å². The number of carbonyl (C=O) groups is 3. The molecule has 0 spiro atoms. The average Bonchev–Trinajstić information content (AvgIpc) is 2.72. The van der Waals surface area contributed by atoms with Crippen LogP contribution in [0.25, 0.3) is 0 Å². The first-order valence-electron chi connectivity index (χ1n) is 8.66. The van der Waals surface area contributed by atoms with Gasteiger partial charge in [0.2, 0.25) is 16.1 Å². The van der Waals surface area contributed by atoms with Crippen molar-refractivity contribution in [2.24, 2.45) is 0 Å². The summed E-state index contributed by atoms with van der Waals surface area (Å²) in [7, 11) is -2.52. The number of carbonyl (C=O) groups excluding carboxylic acids is 3. The number of imide groups is 1. The zero-order chi connectivity index (χ0) is 21.4. The van der Waals surface area contributed by atoms with Crippen molar-refractivity contribution in [3.63, 3.8) is 0 Å². The van der Waals surface area contributed by atoms with Crippen molar-refractivity contribution in [2.45, 2.75) is 17.9 Å². The first-order chi connectivity index (χ1) is 13.8. The Morgan fingerprint density at radius 3 is 2.34 bits per heavy atom. The first kappa shape index (κ1) is 22.1. The molecule has 0 aliphatic carbocycles. The molecule has 3 amide bonds. The maximum absolute atomic E-state index is 12.6. The van der Waals surface area contributed by atoms with Gasteiger partial charge in [-0.2, -0.15) is 0 Å². The Morgan fingerprint density at radius 2 is 1.72 bits per heavy atom. The molecule has 29 heavy (non-hydrogen) atoms. The van der Waals surface area contributed by atoms with Crippen LogP contribution in [-0.4, -0.2) is 39.9 Å². The van der Waals surface area contributed by atoms with E-state index in [1.54, 1.807) is 37.3 Å². The molecule has 0 aliphatic heterocycles. The molecular weight excluding hydrogens is 398 g/mol. The number of esters is 1. The predicted molar refractivity (Wildman–Crippen MR) is 105 cm³/mol. The molecule has 0 saturated carbocycles. The summed E-state index contributed by atoms with van der Waals surface area (Å²) in [5.41, 5.74) is 0.287. The molecule has 154 valence electrons. The van der Waals surface area contributed by atoms with Gasteiger partial charge in [0.15, 0.2) is 0 Å². The molecule has 0 radical (unpaired) electrons. The molecule has 0 unspecified atom stereocenters. The first-order valence-corrected chi connectivity index (χ1v) is 10.1. The summed E-state index contributed by atoms with van der Waals surface area (Å²) in [6.45, 7) is 1.99. The summed E-state index contributed by atoms with van der Waals surface area (Å²) in [5.74, 6) is -1.76. The Hall–Kier alpha value is -3.24.